The van der Waals surface area contributed by atoms with Gasteiger partial charge in [0.05, 0.1) is 5.02 Å². The molecule has 2 aromatic carbocycles. The second kappa shape index (κ2) is 5.64. The largest absolute Gasteiger partial charge is 0.456 e. The van der Waals surface area contributed by atoms with Crippen LogP contribution in [-0.2, 0) is 0 Å². The first kappa shape index (κ1) is 13.3. The van der Waals surface area contributed by atoms with Crippen LogP contribution in [0.3, 0.4) is 0 Å². The Labute approximate surface area is 117 Å². The van der Waals surface area contributed by atoms with Crippen LogP contribution in [0.1, 0.15) is 5.56 Å². The molecule has 0 atom stereocenters. The van der Waals surface area contributed by atoms with Gasteiger partial charge in [0.15, 0.2) is 0 Å². The summed E-state index contributed by atoms with van der Waals surface area (Å²) in [4.78, 5) is 1.98. The topological polar surface area (TPSA) is 36.3 Å². The summed E-state index contributed by atoms with van der Waals surface area (Å²) in [6.07, 6.45) is 0. The normalized spacial score (nSPS) is 9.79. The number of rotatable bonds is 3. The van der Waals surface area contributed by atoms with Gasteiger partial charge in [-0.25, -0.2) is 0 Å². The summed E-state index contributed by atoms with van der Waals surface area (Å²) in [5, 5.41) is 9.49. The fourth-order valence-electron chi connectivity index (χ4n) is 1.65. The molecule has 0 spiro atoms. The van der Waals surface area contributed by atoms with Crippen molar-refractivity contribution in [3.63, 3.8) is 0 Å². The summed E-state index contributed by atoms with van der Waals surface area (Å²) in [6.45, 7) is 0. The SMILES string of the molecule is CN(C)c1cccc(Oc2cccc(Cl)c2C#N)c1. The molecule has 0 aromatic heterocycles. The van der Waals surface area contributed by atoms with Gasteiger partial charge >= 0.3 is 0 Å². The lowest BCUT2D eigenvalue weighted by Crippen LogP contribution is -2.08. The van der Waals surface area contributed by atoms with E-state index in [2.05, 4.69) is 6.07 Å². The van der Waals surface area contributed by atoms with E-state index < -0.39 is 0 Å². The van der Waals surface area contributed by atoms with E-state index in [4.69, 9.17) is 21.6 Å². The lowest BCUT2D eigenvalue weighted by molar-refractivity contribution is 0.481. The first-order chi connectivity index (χ1) is 9.11. The molecule has 19 heavy (non-hydrogen) atoms. The van der Waals surface area contributed by atoms with Crippen LogP contribution in [0.25, 0.3) is 0 Å². The zero-order chi connectivity index (χ0) is 13.8. The lowest BCUT2D eigenvalue weighted by atomic mass is 10.2. The first-order valence-corrected chi connectivity index (χ1v) is 6.13. The smallest absolute Gasteiger partial charge is 0.146 e. The molecule has 0 saturated carbocycles. The van der Waals surface area contributed by atoms with Gasteiger partial charge in [-0.2, -0.15) is 5.26 Å². The third-order valence-electron chi connectivity index (χ3n) is 2.65. The second-order valence-corrected chi connectivity index (χ2v) is 4.63. The molecular formula is C15H13ClN2O. The summed E-state index contributed by atoms with van der Waals surface area (Å²) < 4.78 is 5.74. The highest BCUT2D eigenvalue weighted by molar-refractivity contribution is 6.31. The zero-order valence-corrected chi connectivity index (χ0v) is 11.5. The van der Waals surface area contributed by atoms with Crippen LogP contribution in [0.4, 0.5) is 5.69 Å². The summed E-state index contributed by atoms with van der Waals surface area (Å²) in [7, 11) is 3.92. The predicted octanol–water partition coefficient (Wildman–Crippen LogP) is 4.07. The standard InChI is InChI=1S/C15H13ClN2O/c1-18(2)11-5-3-6-12(9-11)19-15-8-4-7-14(16)13(15)10-17/h3-9H,1-2H3. The van der Waals surface area contributed by atoms with E-state index in [1.54, 1.807) is 18.2 Å². The van der Waals surface area contributed by atoms with Crippen LogP contribution < -0.4 is 9.64 Å². The number of halogens is 1. The molecule has 2 aromatic rings. The molecule has 2 rings (SSSR count). The van der Waals surface area contributed by atoms with E-state index in [-0.39, 0.29) is 0 Å². The molecule has 3 nitrogen and oxygen atoms in total. The molecule has 0 bridgehead atoms. The number of ether oxygens (including phenoxy) is 1. The van der Waals surface area contributed by atoms with Crippen molar-refractivity contribution in [2.45, 2.75) is 0 Å². The van der Waals surface area contributed by atoms with Gasteiger partial charge in [0.1, 0.15) is 23.1 Å². The summed E-state index contributed by atoms with van der Waals surface area (Å²) in [5.41, 5.74) is 1.37. The Hall–Kier alpha value is -2.18. The Morgan fingerprint density at radius 1 is 1.16 bits per heavy atom. The average molecular weight is 273 g/mol. The van der Waals surface area contributed by atoms with Crippen molar-refractivity contribution in [2.75, 3.05) is 19.0 Å². The Bertz CT molecular complexity index is 632. The van der Waals surface area contributed by atoms with E-state index in [0.717, 1.165) is 5.69 Å². The van der Waals surface area contributed by atoms with Gasteiger partial charge in [-0.15, -0.1) is 0 Å². The first-order valence-electron chi connectivity index (χ1n) is 5.75. The minimum Gasteiger partial charge on any atom is -0.456 e. The molecule has 0 saturated heterocycles. The Morgan fingerprint density at radius 3 is 2.58 bits per heavy atom. The Kier molecular flexibility index (Phi) is 3.94. The molecule has 96 valence electrons. The van der Waals surface area contributed by atoms with Gasteiger partial charge in [0.2, 0.25) is 0 Å². The van der Waals surface area contributed by atoms with Crippen molar-refractivity contribution >= 4 is 17.3 Å². The van der Waals surface area contributed by atoms with Crippen LogP contribution in [0.2, 0.25) is 5.02 Å². The highest BCUT2D eigenvalue weighted by Gasteiger charge is 2.09. The highest BCUT2D eigenvalue weighted by atomic mass is 35.5. The molecule has 0 radical (unpaired) electrons. The van der Waals surface area contributed by atoms with Crippen LogP contribution in [0, 0.1) is 11.3 Å². The lowest BCUT2D eigenvalue weighted by Gasteiger charge is -2.14. The van der Waals surface area contributed by atoms with E-state index in [1.165, 1.54) is 0 Å². The van der Waals surface area contributed by atoms with Crippen LogP contribution in [0.15, 0.2) is 42.5 Å². The average Bonchev–Trinajstić information content (AvgIpc) is 2.39. The van der Waals surface area contributed by atoms with Crippen LogP contribution >= 0.6 is 11.6 Å². The molecule has 0 aliphatic carbocycles. The molecule has 0 N–H and O–H groups in total. The fraction of sp³-hybridized carbons (Fsp3) is 0.133. The van der Waals surface area contributed by atoms with Crippen LogP contribution in [-0.4, -0.2) is 14.1 Å². The van der Waals surface area contributed by atoms with Gasteiger partial charge in [0, 0.05) is 25.8 Å². The number of benzene rings is 2. The van der Waals surface area contributed by atoms with Crippen molar-refractivity contribution in [1.29, 1.82) is 5.26 Å². The minimum atomic E-state index is 0.347. The van der Waals surface area contributed by atoms with Crippen molar-refractivity contribution < 1.29 is 4.74 Å². The van der Waals surface area contributed by atoms with E-state index in [9.17, 15) is 0 Å². The van der Waals surface area contributed by atoms with Crippen molar-refractivity contribution in [3.05, 3.63) is 53.1 Å². The maximum Gasteiger partial charge on any atom is 0.146 e. The molecular weight excluding hydrogens is 260 g/mol. The number of hydrogen-bond donors (Lipinski definition) is 0. The van der Waals surface area contributed by atoms with E-state index in [0.29, 0.717) is 22.1 Å². The van der Waals surface area contributed by atoms with Crippen LogP contribution in [0.5, 0.6) is 11.5 Å². The third kappa shape index (κ3) is 2.98. The Morgan fingerprint density at radius 2 is 1.89 bits per heavy atom. The summed E-state index contributed by atoms with van der Waals surface area (Å²) in [5.74, 6) is 1.14. The van der Waals surface area contributed by atoms with Gasteiger partial charge in [-0.05, 0) is 24.3 Å². The minimum absolute atomic E-state index is 0.347. The van der Waals surface area contributed by atoms with E-state index in [1.807, 2.05) is 43.3 Å². The Balaban J connectivity index is 2.34. The van der Waals surface area contributed by atoms with Gasteiger partial charge < -0.3 is 9.64 Å². The second-order valence-electron chi connectivity index (χ2n) is 4.22. The molecule has 0 unspecified atom stereocenters. The van der Waals surface area contributed by atoms with Gasteiger partial charge in [-0.1, -0.05) is 23.7 Å². The third-order valence-corrected chi connectivity index (χ3v) is 2.96. The molecule has 0 aliphatic heterocycles. The molecule has 0 fully saturated rings. The number of anilines is 1. The predicted molar refractivity (Wildman–Crippen MR) is 77.0 cm³/mol. The summed E-state index contributed by atoms with van der Waals surface area (Å²) in [6, 6.07) is 14.8. The maximum atomic E-state index is 9.10. The van der Waals surface area contributed by atoms with Gasteiger partial charge in [0.25, 0.3) is 0 Å². The highest BCUT2D eigenvalue weighted by Crippen LogP contribution is 2.31. The molecule has 0 aliphatic rings. The molecule has 0 amide bonds. The fourth-order valence-corrected chi connectivity index (χ4v) is 1.86. The summed E-state index contributed by atoms with van der Waals surface area (Å²) >= 11 is 5.97. The monoisotopic (exact) mass is 272 g/mol. The quantitative estimate of drug-likeness (QED) is 0.845. The van der Waals surface area contributed by atoms with Gasteiger partial charge in [-0.3, -0.25) is 0 Å². The van der Waals surface area contributed by atoms with Crippen molar-refractivity contribution in [1.82, 2.24) is 0 Å². The number of nitriles is 1. The molecule has 4 heteroatoms. The molecule has 0 heterocycles. The number of hydrogen-bond acceptors (Lipinski definition) is 3. The zero-order valence-electron chi connectivity index (χ0n) is 10.7. The van der Waals surface area contributed by atoms with Crippen molar-refractivity contribution in [3.8, 4) is 17.6 Å². The van der Waals surface area contributed by atoms with Crippen molar-refractivity contribution in [2.24, 2.45) is 0 Å². The maximum absolute atomic E-state index is 9.10. The van der Waals surface area contributed by atoms with E-state index >= 15 is 0 Å². The number of nitrogens with zero attached hydrogens (tertiary/aromatic N) is 2.